The van der Waals surface area contributed by atoms with Crippen molar-refractivity contribution >= 4 is 71.0 Å². The van der Waals surface area contributed by atoms with Crippen LogP contribution in [0.5, 0.6) is 0 Å². The molecule has 0 N–H and O–H groups in total. The van der Waals surface area contributed by atoms with Crippen LogP contribution in [0.4, 0.5) is 19.3 Å². The molecular weight excluding hydrogens is 1330 g/mol. The van der Waals surface area contributed by atoms with Crippen LogP contribution >= 0.6 is 22.9 Å². The molecule has 1 aliphatic rings. The molecule has 1 saturated heterocycles. The molecule has 7 aromatic heterocycles. The predicted octanol–water partition coefficient (Wildman–Crippen LogP) is 14.1. The van der Waals surface area contributed by atoms with Gasteiger partial charge in [-0.2, -0.15) is 5.10 Å². The third-order valence-corrected chi connectivity index (χ3v) is 20.9. The molecule has 6 aromatic carbocycles. The molecule has 492 valence electrons. The summed E-state index contributed by atoms with van der Waals surface area (Å²) < 4.78 is 84.2. The van der Waals surface area contributed by atoms with Crippen molar-refractivity contribution in [1.29, 1.82) is 0 Å². The van der Waals surface area contributed by atoms with Crippen molar-refractivity contribution in [3.05, 3.63) is 247 Å². The van der Waals surface area contributed by atoms with Gasteiger partial charge in [-0.25, -0.2) is 70.0 Å². The van der Waals surface area contributed by atoms with E-state index in [1.54, 1.807) is 108 Å². The molecule has 0 radical (unpaired) electrons. The molecule has 14 rings (SSSR count). The summed E-state index contributed by atoms with van der Waals surface area (Å²) in [7, 11) is -4.96. The average Bonchev–Trinajstić information content (AvgIpc) is 0.848. The minimum atomic E-state index is -3.42. The smallest absolute Gasteiger partial charge is 0.324 e. The summed E-state index contributed by atoms with van der Waals surface area (Å²) in [6.07, 6.45) is 16.8. The number of anilines is 1. The second-order valence-corrected chi connectivity index (χ2v) is 29.2. The van der Waals surface area contributed by atoms with Crippen molar-refractivity contribution in [3.8, 4) is 83.0 Å². The molecule has 0 spiro atoms. The number of hydrogen-bond acceptors (Lipinski definition) is 18. The van der Waals surface area contributed by atoms with Crippen molar-refractivity contribution < 1.29 is 39.7 Å². The van der Waals surface area contributed by atoms with Crippen molar-refractivity contribution in [2.75, 3.05) is 37.5 Å². The standard InChI is InChI=1S/C33H28N4O4S3.C22H14ClF2N3O2.C17H16N6O/c1-33(2,44(4,40)41)25-18-23-9-6-15-35-29(23)27(19-25)22-7-5-8-24(17-22)31-30(21-10-12-26(13-11-21)43(3,38)39)37-32(42-31)28-14-16-34-20-36-28;23-14-5-6-16(18(25)10-14)22-21(19-7-8-26-12-27-19)20(30-28-22)11-15(29)9-13-3-1-2-4-17(13)24;1-21-8-9-22(17(21)24)14-2-4-15(5-3-14)23-11-13(10-20-23)16-6-7-18-12-19-16/h5-20H,1-4H3;1-8,10,12H,9,11H2;2-7,10-12H,8-9H2,1H3. The number of fused-ring (bicyclic) bond motifs is 1. The molecule has 0 bridgehead atoms. The highest BCUT2D eigenvalue weighted by atomic mass is 35.5. The van der Waals surface area contributed by atoms with Gasteiger partial charge in [-0.05, 0) is 139 Å². The molecule has 26 heteroatoms. The van der Waals surface area contributed by atoms with Gasteiger partial charge in [0.25, 0.3) is 0 Å². The molecule has 1 fully saturated rings. The van der Waals surface area contributed by atoms with Gasteiger partial charge in [-0.3, -0.25) is 14.7 Å². The van der Waals surface area contributed by atoms with Crippen molar-refractivity contribution in [2.24, 2.45) is 0 Å². The molecule has 8 heterocycles. The zero-order valence-electron chi connectivity index (χ0n) is 53.1. The fourth-order valence-electron chi connectivity index (χ4n) is 10.7. The zero-order valence-corrected chi connectivity index (χ0v) is 56.3. The minimum absolute atomic E-state index is 0.0351. The lowest BCUT2D eigenvalue weighted by atomic mass is 9.92. The molecule has 13 aromatic rings. The Labute approximate surface area is 571 Å². The summed E-state index contributed by atoms with van der Waals surface area (Å²) in [5.74, 6) is -1.12. The zero-order chi connectivity index (χ0) is 68.9. The first-order valence-corrected chi connectivity index (χ1v) is 35.2. The lowest BCUT2D eigenvalue weighted by Gasteiger charge is -2.24. The topological polar surface area (TPSA) is 256 Å². The van der Waals surface area contributed by atoms with Crippen LogP contribution in [0.1, 0.15) is 30.7 Å². The fraction of sp³-hybridized carbons (Fsp3) is 0.139. The number of nitrogens with zero attached hydrogens (tertiary/aromatic N) is 13. The molecule has 0 saturated carbocycles. The van der Waals surface area contributed by atoms with Crippen LogP contribution in [0, 0.1) is 11.6 Å². The summed E-state index contributed by atoms with van der Waals surface area (Å²) in [6, 6.07) is 45.6. The summed E-state index contributed by atoms with van der Waals surface area (Å²) in [5.41, 5.74) is 11.2. The number of halogens is 3. The second-order valence-electron chi connectivity index (χ2n) is 23.2. The molecule has 0 unspecified atom stereocenters. The third-order valence-electron chi connectivity index (χ3n) is 16.3. The lowest BCUT2D eigenvalue weighted by Crippen LogP contribution is -2.29. The number of urea groups is 1. The first kappa shape index (κ1) is 67.0. The first-order valence-electron chi connectivity index (χ1n) is 30.2. The van der Waals surface area contributed by atoms with E-state index >= 15 is 0 Å². The fourth-order valence-corrected chi connectivity index (χ4v) is 13.1. The molecule has 1 aliphatic heterocycles. The summed E-state index contributed by atoms with van der Waals surface area (Å²) in [6.45, 7) is 4.90. The third kappa shape index (κ3) is 14.7. The van der Waals surface area contributed by atoms with Gasteiger partial charge in [0.2, 0.25) is 0 Å². The van der Waals surface area contributed by atoms with Gasteiger partial charge in [-0.1, -0.05) is 71.4 Å². The van der Waals surface area contributed by atoms with Crippen LogP contribution in [0.2, 0.25) is 5.02 Å². The second kappa shape index (κ2) is 28.4. The Morgan fingerprint density at radius 2 is 1.33 bits per heavy atom. The SMILES string of the molecule is CC(C)(c1cc(-c2cccc(-c3sc(-c4ccncn4)nc3-c3ccc(S(C)(=O)=O)cc3)c2)c2ncccc2c1)S(C)(=O)=O.CN1CCN(c2ccc(-n3cc(-c4ccncn4)cn3)cc2)C1=O.O=C(Cc1ccccc1F)Cc1onc(-c2ccc(Cl)cc2F)c1-c1ccncn1. The van der Waals surface area contributed by atoms with E-state index in [0.29, 0.717) is 39.8 Å². The normalized spacial score (nSPS) is 12.5. The van der Waals surface area contributed by atoms with E-state index in [2.05, 4.69) is 45.1 Å². The number of ketones is 1. The number of rotatable bonds is 16. The number of carbonyl (C=O) groups is 2. The quantitative estimate of drug-likeness (QED) is 0.0871. The Kier molecular flexibility index (Phi) is 19.4. The Balaban J connectivity index is 0.000000147. The first-order chi connectivity index (χ1) is 47.1. The Hall–Kier alpha value is -11.0. The molecule has 2 amide bonds. The van der Waals surface area contributed by atoms with Crippen LogP contribution in [-0.4, -0.2) is 121 Å². The van der Waals surface area contributed by atoms with E-state index < -0.39 is 36.1 Å². The van der Waals surface area contributed by atoms with Crippen LogP contribution in [-0.2, 0) is 42.1 Å². The van der Waals surface area contributed by atoms with E-state index in [1.807, 2.05) is 92.1 Å². The highest BCUT2D eigenvalue weighted by Crippen LogP contribution is 2.44. The predicted molar refractivity (Wildman–Crippen MR) is 372 cm³/mol. The number of thiazole rings is 1. The number of pyridine rings is 1. The highest BCUT2D eigenvalue weighted by molar-refractivity contribution is 7.91. The summed E-state index contributed by atoms with van der Waals surface area (Å²) in [4.78, 5) is 63.5. The number of benzene rings is 6. The molecular formula is C72H58ClF2N13O7S3. The number of Topliss-reactive ketones (excluding diaryl/α,β-unsaturated/α-hetero) is 1. The number of carbonyl (C=O) groups excluding carboxylic acids is 2. The highest BCUT2D eigenvalue weighted by Gasteiger charge is 2.34. The van der Waals surface area contributed by atoms with Gasteiger partial charge in [0.1, 0.15) is 52.8 Å². The van der Waals surface area contributed by atoms with Gasteiger partial charge in [0.15, 0.2) is 25.4 Å². The van der Waals surface area contributed by atoms with Gasteiger partial charge in [0, 0.05) is 108 Å². The molecule has 98 heavy (non-hydrogen) atoms. The molecule has 0 aliphatic carbocycles. The minimum Gasteiger partial charge on any atom is -0.360 e. The lowest BCUT2D eigenvalue weighted by molar-refractivity contribution is -0.118. The summed E-state index contributed by atoms with van der Waals surface area (Å²) >= 11 is 7.32. The van der Waals surface area contributed by atoms with Gasteiger partial charge < -0.3 is 9.42 Å². The van der Waals surface area contributed by atoms with E-state index in [9.17, 15) is 35.2 Å². The van der Waals surface area contributed by atoms with E-state index in [-0.39, 0.29) is 57.2 Å². The number of hydrogen-bond donors (Lipinski definition) is 0. The average molecular weight is 1390 g/mol. The number of amides is 2. The maximum Gasteiger partial charge on any atom is 0.324 e. The Bertz CT molecular complexity index is 5320. The van der Waals surface area contributed by atoms with Crippen molar-refractivity contribution in [1.82, 2.24) is 59.7 Å². The maximum absolute atomic E-state index is 14.5. The van der Waals surface area contributed by atoms with Crippen LogP contribution in [0.15, 0.2) is 223 Å². The number of sulfone groups is 2. The number of aromatic nitrogens is 11. The van der Waals surface area contributed by atoms with E-state index in [4.69, 9.17) is 21.1 Å². The van der Waals surface area contributed by atoms with Crippen LogP contribution in [0.25, 0.3) is 93.9 Å². The van der Waals surface area contributed by atoms with Crippen LogP contribution < -0.4 is 4.90 Å². The largest absolute Gasteiger partial charge is 0.360 e. The molecule has 20 nitrogen and oxygen atoms in total. The Morgan fingerprint density at radius 1 is 0.643 bits per heavy atom. The van der Waals surface area contributed by atoms with E-state index in [0.717, 1.165) is 67.2 Å². The van der Waals surface area contributed by atoms with Gasteiger partial charge in [0.05, 0.1) is 61.0 Å². The maximum atomic E-state index is 14.5. The van der Waals surface area contributed by atoms with Crippen LogP contribution in [0.3, 0.4) is 0 Å². The van der Waals surface area contributed by atoms with Crippen molar-refractivity contribution in [2.45, 2.75) is 36.3 Å². The van der Waals surface area contributed by atoms with Crippen molar-refractivity contribution in [3.63, 3.8) is 0 Å². The van der Waals surface area contributed by atoms with E-state index in [1.165, 1.54) is 73.3 Å². The Morgan fingerprint density at radius 3 is 1.98 bits per heavy atom. The number of likely N-dealkylation sites (N-methyl/N-ethyl adjacent to an activating group) is 1. The van der Waals surface area contributed by atoms with Gasteiger partial charge >= 0.3 is 6.03 Å². The molecule has 0 atom stereocenters. The monoisotopic (exact) mass is 1390 g/mol. The summed E-state index contributed by atoms with van der Waals surface area (Å²) in [5, 5.41) is 10.1. The van der Waals surface area contributed by atoms with Gasteiger partial charge in [-0.15, -0.1) is 11.3 Å².